The largest absolute Gasteiger partial charge is 0.490 e. The Hall–Kier alpha value is -3.05. The lowest BCUT2D eigenvalue weighted by atomic mass is 9.87. The van der Waals surface area contributed by atoms with Crippen LogP contribution in [0, 0.1) is 5.82 Å². The number of hydrogen-bond acceptors (Lipinski definition) is 3. The van der Waals surface area contributed by atoms with Gasteiger partial charge in [-0.25, -0.2) is 4.39 Å². The SMILES string of the molecule is CCOc1cc2c(cc1OCC)[C@@H](c1ccc(Cl)cc1)N(c1ccc(F)cc1)C(=O)C2. The van der Waals surface area contributed by atoms with Crippen molar-refractivity contribution in [3.8, 4) is 11.5 Å². The van der Waals surface area contributed by atoms with Gasteiger partial charge in [-0.1, -0.05) is 23.7 Å². The number of fused-ring (bicyclic) bond motifs is 1. The molecule has 160 valence electrons. The van der Waals surface area contributed by atoms with E-state index in [1.807, 2.05) is 38.1 Å². The first-order chi connectivity index (χ1) is 15.0. The van der Waals surface area contributed by atoms with E-state index in [-0.39, 0.29) is 18.1 Å². The number of ether oxygens (including phenoxy) is 2. The molecular formula is C25H23ClFNO3. The molecule has 0 radical (unpaired) electrons. The Morgan fingerprint density at radius 2 is 1.58 bits per heavy atom. The molecule has 0 aromatic heterocycles. The minimum Gasteiger partial charge on any atom is -0.490 e. The Kier molecular flexibility index (Phi) is 6.14. The molecular weight excluding hydrogens is 417 g/mol. The minimum atomic E-state index is -0.408. The van der Waals surface area contributed by atoms with Crippen LogP contribution in [-0.4, -0.2) is 19.1 Å². The predicted octanol–water partition coefficient (Wildman–Crippen LogP) is 5.96. The fourth-order valence-electron chi connectivity index (χ4n) is 3.96. The van der Waals surface area contributed by atoms with Crippen LogP contribution in [0.5, 0.6) is 11.5 Å². The zero-order valence-corrected chi connectivity index (χ0v) is 18.2. The van der Waals surface area contributed by atoms with Gasteiger partial charge in [0.25, 0.3) is 0 Å². The van der Waals surface area contributed by atoms with E-state index in [0.717, 1.165) is 16.7 Å². The molecule has 3 aromatic carbocycles. The van der Waals surface area contributed by atoms with Gasteiger partial charge in [-0.3, -0.25) is 4.79 Å². The second-order valence-corrected chi connectivity index (χ2v) is 7.67. The molecule has 0 saturated heterocycles. The maximum atomic E-state index is 13.6. The molecule has 6 heteroatoms. The minimum absolute atomic E-state index is 0.0781. The highest BCUT2D eigenvalue weighted by atomic mass is 35.5. The normalized spacial score (nSPS) is 15.5. The third-order valence-corrected chi connectivity index (χ3v) is 5.51. The van der Waals surface area contributed by atoms with E-state index in [4.69, 9.17) is 21.1 Å². The predicted molar refractivity (Wildman–Crippen MR) is 120 cm³/mol. The van der Waals surface area contributed by atoms with Crippen LogP contribution in [0.15, 0.2) is 60.7 Å². The number of carbonyl (C=O) groups is 1. The quantitative estimate of drug-likeness (QED) is 0.476. The number of benzene rings is 3. The van der Waals surface area contributed by atoms with E-state index in [1.165, 1.54) is 12.1 Å². The molecule has 4 nitrogen and oxygen atoms in total. The van der Waals surface area contributed by atoms with E-state index in [0.29, 0.717) is 35.4 Å². The number of amides is 1. The molecule has 0 spiro atoms. The highest BCUT2D eigenvalue weighted by Crippen LogP contribution is 2.43. The van der Waals surface area contributed by atoms with E-state index in [1.54, 1.807) is 29.2 Å². The molecule has 0 unspecified atom stereocenters. The number of carbonyl (C=O) groups excluding carboxylic acids is 1. The van der Waals surface area contributed by atoms with Crippen LogP contribution >= 0.6 is 11.6 Å². The monoisotopic (exact) mass is 439 g/mol. The Labute approximate surface area is 186 Å². The van der Waals surface area contributed by atoms with Crippen molar-refractivity contribution in [2.24, 2.45) is 0 Å². The van der Waals surface area contributed by atoms with E-state index in [2.05, 4.69) is 0 Å². The first kappa shape index (κ1) is 21.2. The molecule has 0 bridgehead atoms. The second-order valence-electron chi connectivity index (χ2n) is 7.23. The van der Waals surface area contributed by atoms with Gasteiger partial charge in [-0.05, 0) is 79.1 Å². The van der Waals surface area contributed by atoms with Crippen LogP contribution in [-0.2, 0) is 11.2 Å². The van der Waals surface area contributed by atoms with Gasteiger partial charge in [0.2, 0.25) is 5.91 Å². The molecule has 0 aliphatic carbocycles. The maximum Gasteiger partial charge on any atom is 0.232 e. The van der Waals surface area contributed by atoms with Crippen molar-refractivity contribution in [2.75, 3.05) is 18.1 Å². The molecule has 3 aromatic rings. The summed E-state index contributed by atoms with van der Waals surface area (Å²) in [6.07, 6.45) is 0.212. The van der Waals surface area contributed by atoms with Crippen molar-refractivity contribution in [1.82, 2.24) is 0 Å². The molecule has 1 heterocycles. The van der Waals surface area contributed by atoms with E-state index >= 15 is 0 Å². The third kappa shape index (κ3) is 4.23. The smallest absolute Gasteiger partial charge is 0.232 e. The Bertz CT molecular complexity index is 1080. The topological polar surface area (TPSA) is 38.8 Å². The van der Waals surface area contributed by atoms with Gasteiger partial charge < -0.3 is 14.4 Å². The Balaban J connectivity index is 1.91. The second kappa shape index (κ2) is 8.98. The molecule has 4 rings (SSSR count). The number of nitrogens with zero attached hydrogens (tertiary/aromatic N) is 1. The van der Waals surface area contributed by atoms with Gasteiger partial charge in [-0.2, -0.15) is 0 Å². The van der Waals surface area contributed by atoms with Crippen LogP contribution in [0.2, 0.25) is 5.02 Å². The van der Waals surface area contributed by atoms with Gasteiger partial charge >= 0.3 is 0 Å². The highest BCUT2D eigenvalue weighted by molar-refractivity contribution is 6.30. The summed E-state index contributed by atoms with van der Waals surface area (Å²) in [5.41, 5.74) is 3.35. The molecule has 1 amide bonds. The van der Waals surface area contributed by atoms with Crippen molar-refractivity contribution in [3.63, 3.8) is 0 Å². The van der Waals surface area contributed by atoms with Crippen LogP contribution in [0.3, 0.4) is 0 Å². The molecule has 1 aliphatic rings. The summed E-state index contributed by atoms with van der Waals surface area (Å²) in [7, 11) is 0. The first-order valence-corrected chi connectivity index (χ1v) is 10.6. The van der Waals surface area contributed by atoms with Crippen LogP contribution in [0.1, 0.15) is 36.6 Å². The highest BCUT2D eigenvalue weighted by Gasteiger charge is 2.36. The lowest BCUT2D eigenvalue weighted by Gasteiger charge is -2.38. The number of hydrogen-bond donors (Lipinski definition) is 0. The van der Waals surface area contributed by atoms with Crippen molar-refractivity contribution in [1.29, 1.82) is 0 Å². The van der Waals surface area contributed by atoms with Gasteiger partial charge in [0.1, 0.15) is 5.82 Å². The third-order valence-electron chi connectivity index (χ3n) is 5.26. The maximum absolute atomic E-state index is 13.6. The zero-order valence-electron chi connectivity index (χ0n) is 17.4. The summed E-state index contributed by atoms with van der Waals surface area (Å²) in [4.78, 5) is 15.0. The fourth-order valence-corrected chi connectivity index (χ4v) is 4.09. The summed E-state index contributed by atoms with van der Waals surface area (Å²) >= 11 is 6.11. The molecule has 0 fully saturated rings. The molecule has 1 aliphatic heterocycles. The Morgan fingerprint density at radius 1 is 0.968 bits per heavy atom. The molecule has 0 N–H and O–H groups in total. The lowest BCUT2D eigenvalue weighted by Crippen LogP contribution is -2.41. The number of rotatable bonds is 6. The van der Waals surface area contributed by atoms with E-state index in [9.17, 15) is 9.18 Å². The standard InChI is InChI=1S/C25H23ClFNO3/c1-3-30-22-13-17-14-24(29)28(20-11-9-19(27)10-12-20)25(16-5-7-18(26)8-6-16)21(17)15-23(22)31-4-2/h5-13,15,25H,3-4,14H2,1-2H3/t25-/m1/s1. The van der Waals surface area contributed by atoms with E-state index < -0.39 is 6.04 Å². The van der Waals surface area contributed by atoms with Crippen molar-refractivity contribution in [2.45, 2.75) is 26.3 Å². The zero-order chi connectivity index (χ0) is 22.0. The van der Waals surface area contributed by atoms with Crippen LogP contribution < -0.4 is 14.4 Å². The summed E-state index contributed by atoms with van der Waals surface area (Å²) in [5.74, 6) is 0.832. The van der Waals surface area contributed by atoms with Crippen molar-refractivity contribution >= 4 is 23.2 Å². The summed E-state index contributed by atoms with van der Waals surface area (Å²) in [5, 5.41) is 0.612. The van der Waals surface area contributed by atoms with Gasteiger partial charge in [0.15, 0.2) is 11.5 Å². The molecule has 0 saturated carbocycles. The number of halogens is 2. The molecule has 31 heavy (non-hydrogen) atoms. The molecule has 1 atom stereocenters. The lowest BCUT2D eigenvalue weighted by molar-refractivity contribution is -0.118. The summed E-state index contributed by atoms with van der Waals surface area (Å²) < 4.78 is 25.2. The van der Waals surface area contributed by atoms with Gasteiger partial charge in [0, 0.05) is 10.7 Å². The average molecular weight is 440 g/mol. The fraction of sp³-hybridized carbons (Fsp3) is 0.240. The Morgan fingerprint density at radius 3 is 2.19 bits per heavy atom. The first-order valence-electron chi connectivity index (χ1n) is 10.3. The number of anilines is 1. The van der Waals surface area contributed by atoms with Crippen molar-refractivity contribution in [3.05, 3.63) is 88.2 Å². The summed E-state index contributed by atoms with van der Waals surface area (Å²) in [6, 6.07) is 16.8. The van der Waals surface area contributed by atoms with Gasteiger partial charge in [-0.15, -0.1) is 0 Å². The average Bonchev–Trinajstić information content (AvgIpc) is 2.75. The van der Waals surface area contributed by atoms with Crippen LogP contribution in [0.25, 0.3) is 0 Å². The van der Waals surface area contributed by atoms with Gasteiger partial charge in [0.05, 0.1) is 25.7 Å². The summed E-state index contributed by atoms with van der Waals surface area (Å²) in [6.45, 7) is 4.81. The van der Waals surface area contributed by atoms with Crippen molar-refractivity contribution < 1.29 is 18.7 Å². The van der Waals surface area contributed by atoms with Crippen LogP contribution in [0.4, 0.5) is 10.1 Å².